The molecule has 0 spiro atoms. The highest BCUT2D eigenvalue weighted by Crippen LogP contribution is 2.33. The van der Waals surface area contributed by atoms with E-state index in [-0.39, 0.29) is 18.2 Å². The lowest BCUT2D eigenvalue weighted by Crippen LogP contribution is -2.26. The fourth-order valence-electron chi connectivity index (χ4n) is 2.79. The van der Waals surface area contributed by atoms with Crippen molar-refractivity contribution in [1.82, 2.24) is 25.3 Å². The number of aromatic nitrogens is 4. The van der Waals surface area contributed by atoms with Crippen molar-refractivity contribution < 1.29 is 32.2 Å². The Morgan fingerprint density at radius 3 is 2.42 bits per heavy atom. The van der Waals surface area contributed by atoms with Crippen molar-refractivity contribution in [2.45, 2.75) is 12.7 Å². The van der Waals surface area contributed by atoms with Crippen molar-refractivity contribution in [2.24, 2.45) is 0 Å². The molecule has 0 aliphatic rings. The molecular formula is C19H18F3N5O4. The molecule has 1 N–H and O–H groups in total. The van der Waals surface area contributed by atoms with E-state index < -0.39 is 23.3 Å². The number of amides is 1. The summed E-state index contributed by atoms with van der Waals surface area (Å²) in [5.41, 5.74) is -1.41. The molecule has 2 heterocycles. The van der Waals surface area contributed by atoms with Gasteiger partial charge in [-0.25, -0.2) is 4.68 Å². The quantitative estimate of drug-likeness (QED) is 0.607. The summed E-state index contributed by atoms with van der Waals surface area (Å²) in [5.74, 6) is -0.116. The Labute approximate surface area is 174 Å². The molecule has 0 aliphatic carbocycles. The van der Waals surface area contributed by atoms with E-state index in [9.17, 15) is 18.0 Å². The molecule has 9 nitrogen and oxygen atoms in total. The van der Waals surface area contributed by atoms with Gasteiger partial charge in [0, 0.05) is 18.2 Å². The van der Waals surface area contributed by atoms with Crippen LogP contribution in [0.1, 0.15) is 21.6 Å². The van der Waals surface area contributed by atoms with Gasteiger partial charge in [-0.1, -0.05) is 0 Å². The highest BCUT2D eigenvalue weighted by molar-refractivity contribution is 5.95. The normalized spacial score (nSPS) is 11.2. The van der Waals surface area contributed by atoms with Crippen LogP contribution in [0.25, 0.3) is 5.82 Å². The number of rotatable bonds is 7. The Balaban J connectivity index is 1.90. The van der Waals surface area contributed by atoms with Crippen LogP contribution in [0, 0.1) is 0 Å². The largest absolute Gasteiger partial charge is 0.497 e. The Bertz CT molecular complexity index is 1070. The third-order valence-corrected chi connectivity index (χ3v) is 4.26. The van der Waals surface area contributed by atoms with Crippen molar-refractivity contribution >= 4 is 5.91 Å². The topological polar surface area (TPSA) is 100 Å². The minimum atomic E-state index is -4.88. The maximum absolute atomic E-state index is 13.8. The van der Waals surface area contributed by atoms with Crippen LogP contribution in [0.15, 0.2) is 36.5 Å². The number of ether oxygens (including phenoxy) is 3. The fraction of sp³-hybridized carbons (Fsp3) is 0.263. The van der Waals surface area contributed by atoms with Gasteiger partial charge in [-0.3, -0.25) is 4.79 Å². The summed E-state index contributed by atoms with van der Waals surface area (Å²) in [7, 11) is 4.25. The van der Waals surface area contributed by atoms with Gasteiger partial charge in [0.05, 0.1) is 33.1 Å². The van der Waals surface area contributed by atoms with E-state index in [1.807, 2.05) is 0 Å². The van der Waals surface area contributed by atoms with Crippen LogP contribution in [-0.4, -0.2) is 47.2 Å². The number of nitrogens with zero attached hydrogens (tertiary/aromatic N) is 4. The van der Waals surface area contributed by atoms with Gasteiger partial charge in [-0.05, 0) is 24.3 Å². The first kappa shape index (κ1) is 21.9. The lowest BCUT2D eigenvalue weighted by atomic mass is 10.1. The molecule has 0 saturated heterocycles. The number of hydrogen-bond acceptors (Lipinski definition) is 7. The minimum Gasteiger partial charge on any atom is -0.497 e. The summed E-state index contributed by atoms with van der Waals surface area (Å²) < 4.78 is 57.0. The maximum atomic E-state index is 13.8. The Kier molecular flexibility index (Phi) is 6.28. The standard InChI is InChI=1S/C19H18F3N5O4/c1-29-12-4-5-14(30-2)11(8-12)9-23-18(28)13-10-24-27(17(13)19(20,21)22)15-6-7-16(31-3)26-25-15/h4-8,10H,9H2,1-3H3,(H,23,28). The first-order valence-electron chi connectivity index (χ1n) is 8.81. The summed E-state index contributed by atoms with van der Waals surface area (Å²) in [6.45, 7) is -0.0932. The van der Waals surface area contributed by atoms with Crippen LogP contribution >= 0.6 is 0 Å². The van der Waals surface area contributed by atoms with Crippen LogP contribution in [0.3, 0.4) is 0 Å². The molecule has 3 aromatic rings. The van der Waals surface area contributed by atoms with Crippen LogP contribution in [0.2, 0.25) is 0 Å². The highest BCUT2D eigenvalue weighted by Gasteiger charge is 2.41. The maximum Gasteiger partial charge on any atom is 0.434 e. The van der Waals surface area contributed by atoms with Crippen LogP contribution < -0.4 is 19.5 Å². The van der Waals surface area contributed by atoms with Crippen molar-refractivity contribution in [1.29, 1.82) is 0 Å². The van der Waals surface area contributed by atoms with Crippen LogP contribution in [-0.2, 0) is 12.7 Å². The average Bonchev–Trinajstić information content (AvgIpc) is 3.23. The highest BCUT2D eigenvalue weighted by atomic mass is 19.4. The number of nitrogens with one attached hydrogen (secondary N) is 1. The van der Waals surface area contributed by atoms with Crippen LogP contribution in [0.5, 0.6) is 17.4 Å². The van der Waals surface area contributed by atoms with Gasteiger partial charge in [-0.15, -0.1) is 10.2 Å². The summed E-state index contributed by atoms with van der Waals surface area (Å²) in [6.07, 6.45) is -4.05. The second-order valence-corrected chi connectivity index (χ2v) is 6.11. The molecule has 12 heteroatoms. The van der Waals surface area contributed by atoms with Gasteiger partial charge < -0.3 is 19.5 Å². The van der Waals surface area contributed by atoms with Gasteiger partial charge in [0.1, 0.15) is 11.5 Å². The number of benzene rings is 1. The molecule has 3 rings (SSSR count). The monoisotopic (exact) mass is 437 g/mol. The Hall–Kier alpha value is -3.83. The zero-order valence-corrected chi connectivity index (χ0v) is 16.7. The number of carbonyl (C=O) groups is 1. The van der Waals surface area contributed by atoms with Crippen molar-refractivity contribution in [2.75, 3.05) is 21.3 Å². The van der Waals surface area contributed by atoms with E-state index in [1.165, 1.54) is 33.5 Å². The fourth-order valence-corrected chi connectivity index (χ4v) is 2.79. The molecule has 0 radical (unpaired) electrons. The molecule has 0 saturated carbocycles. The lowest BCUT2D eigenvalue weighted by molar-refractivity contribution is -0.143. The molecule has 1 aromatic carbocycles. The van der Waals surface area contributed by atoms with E-state index in [0.29, 0.717) is 21.7 Å². The second kappa shape index (κ2) is 8.90. The molecule has 31 heavy (non-hydrogen) atoms. The zero-order chi connectivity index (χ0) is 22.6. The molecule has 0 unspecified atom stereocenters. The van der Waals surface area contributed by atoms with E-state index >= 15 is 0 Å². The number of hydrogen-bond donors (Lipinski definition) is 1. The SMILES string of the molecule is COc1ccc(OC)c(CNC(=O)c2cnn(-c3ccc(OC)nn3)c2C(F)(F)F)c1. The van der Waals surface area contributed by atoms with Crippen LogP contribution in [0.4, 0.5) is 13.2 Å². The number of carbonyl (C=O) groups excluding carboxylic acids is 1. The predicted octanol–water partition coefficient (Wildman–Crippen LogP) is 2.64. The predicted molar refractivity (Wildman–Crippen MR) is 101 cm³/mol. The second-order valence-electron chi connectivity index (χ2n) is 6.11. The smallest absolute Gasteiger partial charge is 0.434 e. The summed E-state index contributed by atoms with van der Waals surface area (Å²) in [4.78, 5) is 12.6. The number of alkyl halides is 3. The summed E-state index contributed by atoms with van der Waals surface area (Å²) >= 11 is 0. The van der Waals surface area contributed by atoms with E-state index in [2.05, 4.69) is 20.6 Å². The number of halogens is 3. The zero-order valence-electron chi connectivity index (χ0n) is 16.7. The Morgan fingerprint density at radius 1 is 1.06 bits per heavy atom. The number of methoxy groups -OCH3 is 3. The third-order valence-electron chi connectivity index (χ3n) is 4.26. The molecule has 0 bridgehead atoms. The molecule has 0 aliphatic heterocycles. The molecule has 0 atom stereocenters. The van der Waals surface area contributed by atoms with Gasteiger partial charge in [0.2, 0.25) is 5.88 Å². The van der Waals surface area contributed by atoms with Crippen molar-refractivity contribution in [3.63, 3.8) is 0 Å². The summed E-state index contributed by atoms with van der Waals surface area (Å²) in [5, 5.41) is 13.4. The molecule has 0 fully saturated rings. The third kappa shape index (κ3) is 4.68. The van der Waals surface area contributed by atoms with E-state index in [1.54, 1.807) is 18.2 Å². The molecule has 164 valence electrons. The van der Waals surface area contributed by atoms with E-state index in [4.69, 9.17) is 14.2 Å². The minimum absolute atomic E-state index is 0.0932. The van der Waals surface area contributed by atoms with Gasteiger partial charge in [0.25, 0.3) is 5.91 Å². The first-order chi connectivity index (χ1) is 14.8. The first-order valence-corrected chi connectivity index (χ1v) is 8.81. The van der Waals surface area contributed by atoms with Gasteiger partial charge in [0.15, 0.2) is 11.5 Å². The van der Waals surface area contributed by atoms with Gasteiger partial charge in [-0.2, -0.15) is 18.3 Å². The average molecular weight is 437 g/mol. The van der Waals surface area contributed by atoms with Crippen molar-refractivity contribution in [3.8, 4) is 23.2 Å². The molecule has 1 amide bonds. The van der Waals surface area contributed by atoms with Gasteiger partial charge >= 0.3 is 6.18 Å². The molecular weight excluding hydrogens is 419 g/mol. The summed E-state index contributed by atoms with van der Waals surface area (Å²) in [6, 6.07) is 7.48. The molecule has 2 aromatic heterocycles. The Morgan fingerprint density at radius 2 is 1.84 bits per heavy atom. The van der Waals surface area contributed by atoms with E-state index in [0.717, 1.165) is 6.20 Å². The van der Waals surface area contributed by atoms with Crippen molar-refractivity contribution in [3.05, 3.63) is 53.3 Å². The lowest BCUT2D eigenvalue weighted by Gasteiger charge is -2.13.